The van der Waals surface area contributed by atoms with Crippen LogP contribution in [0.2, 0.25) is 0 Å². The molecule has 760 valence electrons. The van der Waals surface area contributed by atoms with Gasteiger partial charge in [0.05, 0.1) is 77.4 Å². The Labute approximate surface area is 800 Å². The predicted octanol–water partition coefficient (Wildman–Crippen LogP) is 8.36. The summed E-state index contributed by atoms with van der Waals surface area (Å²) in [6.45, 7) is 41.1. The van der Waals surface area contributed by atoms with Crippen molar-refractivity contribution in [3.8, 4) is 0 Å². The number of fused-ring (bicyclic) bond motifs is 3. The smallest absolute Gasteiger partial charge is 0.323 e. The van der Waals surface area contributed by atoms with Gasteiger partial charge in [-0.2, -0.15) is 29.9 Å². The van der Waals surface area contributed by atoms with E-state index in [1.165, 1.54) is 27.7 Å². The molecule has 3 aliphatic carbocycles. The van der Waals surface area contributed by atoms with Gasteiger partial charge in [0.25, 0.3) is 0 Å². The Hall–Kier alpha value is -7.40. The molecule has 6 heterocycles. The average molecular weight is 2020 g/mol. The van der Waals surface area contributed by atoms with Crippen molar-refractivity contribution < 1.29 is 85.1 Å². The van der Waals surface area contributed by atoms with Crippen molar-refractivity contribution in [3.05, 3.63) is 19.0 Å². The van der Waals surface area contributed by atoms with Crippen LogP contribution < -0.4 is 86.6 Å². The number of aromatic nitrogens is 12. The number of nitrogen functional groups attached to an aromatic ring is 3. The van der Waals surface area contributed by atoms with Crippen molar-refractivity contribution in [2.75, 3.05) is 98.4 Å². The van der Waals surface area contributed by atoms with Crippen LogP contribution in [0.25, 0.3) is 33.5 Å². The summed E-state index contributed by atoms with van der Waals surface area (Å²) in [6.07, 6.45) is 11.1. The van der Waals surface area contributed by atoms with Gasteiger partial charge in [-0.25, -0.2) is 45.5 Å². The number of anilines is 6. The maximum Gasteiger partial charge on any atom is 0.323 e. The lowest BCUT2D eigenvalue weighted by Crippen LogP contribution is -2.43. The van der Waals surface area contributed by atoms with Gasteiger partial charge in [0, 0.05) is 37.8 Å². The minimum atomic E-state index is -3.61. The van der Waals surface area contributed by atoms with E-state index in [9.17, 15) is 42.5 Å². The first kappa shape index (κ1) is 127. The van der Waals surface area contributed by atoms with Crippen molar-refractivity contribution in [1.29, 1.82) is 0 Å². The van der Waals surface area contributed by atoms with Crippen LogP contribution in [0.15, 0.2) is 19.0 Å². The van der Waals surface area contributed by atoms with Crippen LogP contribution in [0.3, 0.4) is 0 Å². The van der Waals surface area contributed by atoms with Crippen LogP contribution in [0, 0.1) is 0 Å². The SMILES string of the molecule is CC(C)N.CC(C)N.CC(C)N.CC(C)N.CC(C)OC(=O)[C@H](C)NP(=O)(COCCn1cnc2c(NC3CC3)nc(N)nc21)N[C@@H](C)C(=O)OC(C)C.CCCOC(=O)[C@H](C)NP(=O)(COCCn1cnc2c(NC3CC3)nc(N)nc21)N[C@@H](C)C(=O)OCCC.CCOC(=O)[C@H](C)NP(=O)(COCCn1cnc2c(NC3CC3)nc(N)nc21)N[C@@H](C)C(=O)OCC.Cl.Cl.Cl.Cl. The second kappa shape index (κ2) is 64.6. The maximum atomic E-state index is 13.8. The number of nitrogens with one attached hydrogen (secondary N) is 9. The first-order chi connectivity index (χ1) is 60.1. The lowest BCUT2D eigenvalue weighted by atomic mass is 10.4. The molecule has 6 aromatic rings. The van der Waals surface area contributed by atoms with Crippen LogP contribution in [-0.2, 0) is 105 Å². The molecular formula is C79H153Cl4N28O18P3. The van der Waals surface area contributed by atoms with Crippen molar-refractivity contribution in [3.63, 3.8) is 0 Å². The molecule has 0 spiro atoms. The van der Waals surface area contributed by atoms with Gasteiger partial charge in [0.2, 0.25) is 40.2 Å². The van der Waals surface area contributed by atoms with Gasteiger partial charge in [0.15, 0.2) is 50.9 Å². The average Bonchev–Trinajstić information content (AvgIpc) is 1.65. The minimum Gasteiger partial charge on any atom is -0.465 e. The molecule has 0 radical (unpaired) electrons. The summed E-state index contributed by atoms with van der Waals surface area (Å²) >= 11 is 0. The zero-order valence-corrected chi connectivity index (χ0v) is 86.4. The molecule has 0 aromatic carbocycles. The number of hydrogen-bond acceptors (Lipinski definition) is 37. The first-order valence-corrected chi connectivity index (χ1v) is 49.3. The number of ether oxygens (including phenoxy) is 9. The van der Waals surface area contributed by atoms with Crippen molar-refractivity contribution in [1.82, 2.24) is 89.1 Å². The van der Waals surface area contributed by atoms with E-state index in [4.69, 9.17) is 82.8 Å². The molecule has 0 aliphatic heterocycles. The second-order valence-corrected chi connectivity index (χ2v) is 39.4. The van der Waals surface area contributed by atoms with Gasteiger partial charge < -0.3 is 112 Å². The molecule has 6 atom stereocenters. The summed E-state index contributed by atoms with van der Waals surface area (Å²) in [7, 11) is -10.8. The van der Waals surface area contributed by atoms with E-state index in [1.54, 1.807) is 88.1 Å². The third kappa shape index (κ3) is 51.0. The fraction of sp³-hybridized carbons (Fsp3) is 0.734. The Morgan fingerprint density at radius 3 is 0.765 bits per heavy atom. The summed E-state index contributed by atoms with van der Waals surface area (Å²) in [4.78, 5) is 112. The molecule has 53 heteroatoms. The zero-order valence-electron chi connectivity index (χ0n) is 80.5. The molecule has 0 bridgehead atoms. The number of imidazole rings is 3. The molecule has 0 saturated heterocycles. The van der Waals surface area contributed by atoms with Crippen LogP contribution in [0.1, 0.15) is 204 Å². The van der Waals surface area contributed by atoms with E-state index in [-0.39, 0.29) is 145 Å². The maximum absolute atomic E-state index is 13.8. The Morgan fingerprint density at radius 2 is 0.568 bits per heavy atom. The minimum absolute atomic E-state index is 0. The molecule has 132 heavy (non-hydrogen) atoms. The molecule has 0 unspecified atom stereocenters. The predicted molar refractivity (Wildman–Crippen MR) is 525 cm³/mol. The topological polar surface area (TPSA) is 658 Å². The molecule has 6 aromatic heterocycles. The van der Waals surface area contributed by atoms with Gasteiger partial charge >= 0.3 is 35.8 Å². The van der Waals surface area contributed by atoms with Crippen molar-refractivity contribution >= 4 is 177 Å². The number of carbonyl (C=O) groups excluding carboxylic acids is 6. The number of esters is 6. The van der Waals surface area contributed by atoms with Gasteiger partial charge in [-0.15, -0.1) is 49.6 Å². The van der Waals surface area contributed by atoms with Gasteiger partial charge in [-0.1, -0.05) is 69.2 Å². The Morgan fingerprint density at radius 1 is 0.356 bits per heavy atom. The van der Waals surface area contributed by atoms with E-state index in [2.05, 4.69) is 91.3 Å². The van der Waals surface area contributed by atoms with Crippen LogP contribution in [0.5, 0.6) is 0 Å². The number of hydrogen-bond donors (Lipinski definition) is 16. The molecular weight excluding hydrogens is 1860 g/mol. The summed E-state index contributed by atoms with van der Waals surface area (Å²) in [6, 6.07) is -2.95. The standard InChI is InChI=1S/2C23H39N8O6P.C21H35N8O6P.4C3H9N.4ClH/c1-13(2)36-21(32)15(5)29-38(34,30-16(6)22(33)37-14(3)4)12-35-10-9-31-11-25-18-19(26-17-7-8-17)27-23(24)28-20(18)31;1-5-10-36-21(32)15(3)29-38(34,30-16(4)22(33)37-11-6-2)14-35-12-9-31-13-25-18-19(26-17-7-8-17)27-23(24)28-20(18)31;1-5-34-19(30)13(3)27-36(32,28-14(4)20(31)35-6-2)12-33-10-9-29-11-23-16-17(24-15-7-8-15)25-21(22)26-18(16)29;4*1-3(2)4;;;;/h11,13-17H,7-10,12H2,1-6H3,(H2,29,30,34)(H3,24,26,27,28);13,15-17H,5-12,14H2,1-4H3,(H2,29,30,34)(H3,24,26,27,28);11,13-15H,5-10,12H2,1-4H3,(H2,27,28,32)(H3,22,24,25,26);4*3H,4H2,1-2H3;4*1H/t2*15-,16-;13-,14-;;;;;;;;/m000......../s1. The lowest BCUT2D eigenvalue weighted by Gasteiger charge is -2.27. The second-order valence-electron chi connectivity index (χ2n) is 32.6. The summed E-state index contributed by atoms with van der Waals surface area (Å²) in [5, 5.41) is 26.5. The summed E-state index contributed by atoms with van der Waals surface area (Å²) < 4.78 is 94.3. The number of nitrogens with zero attached hydrogens (tertiary/aromatic N) is 12. The Balaban J connectivity index is 0. The molecule has 0 amide bonds. The van der Waals surface area contributed by atoms with Crippen molar-refractivity contribution in [2.45, 2.75) is 314 Å². The number of halogens is 4. The Bertz CT molecular complexity index is 4390. The number of rotatable bonds is 47. The molecule has 3 aliphatic rings. The van der Waals surface area contributed by atoms with E-state index < -0.39 is 94.4 Å². The summed E-state index contributed by atoms with van der Waals surface area (Å²) in [5.41, 5.74) is 41.6. The monoisotopic (exact) mass is 2010 g/mol. The highest BCUT2D eigenvalue weighted by atomic mass is 35.5. The van der Waals surface area contributed by atoms with Crippen LogP contribution in [-0.4, -0.2) is 250 Å². The third-order valence-corrected chi connectivity index (χ3v) is 22.6. The van der Waals surface area contributed by atoms with Gasteiger partial charge in [-0.3, -0.25) is 42.5 Å². The molecule has 46 nitrogen and oxygen atoms in total. The van der Waals surface area contributed by atoms with Crippen molar-refractivity contribution in [2.24, 2.45) is 22.9 Å². The fourth-order valence-electron chi connectivity index (χ4n) is 10.4. The largest absolute Gasteiger partial charge is 0.465 e. The van der Waals surface area contributed by atoms with E-state index in [1.807, 2.05) is 69.2 Å². The third-order valence-electron chi connectivity index (χ3n) is 16.2. The molecule has 9 rings (SSSR count). The lowest BCUT2D eigenvalue weighted by molar-refractivity contribution is -0.149. The first-order valence-electron chi connectivity index (χ1n) is 43.6. The molecule has 23 N–H and O–H groups in total. The molecule has 3 fully saturated rings. The molecule has 3 saturated carbocycles. The summed E-state index contributed by atoms with van der Waals surface area (Å²) in [5.74, 6) is -1.19. The van der Waals surface area contributed by atoms with E-state index in [0.29, 0.717) is 126 Å². The normalized spacial score (nSPS) is 14.2. The highest BCUT2D eigenvalue weighted by Crippen LogP contribution is 2.41. The zero-order chi connectivity index (χ0) is 96.3. The van der Waals surface area contributed by atoms with Crippen LogP contribution in [0.4, 0.5) is 35.3 Å². The Kier molecular flexibility index (Phi) is 62.0. The van der Waals surface area contributed by atoms with E-state index in [0.717, 1.165) is 38.5 Å². The van der Waals surface area contributed by atoms with Gasteiger partial charge in [0.1, 0.15) is 55.3 Å². The highest BCUT2D eigenvalue weighted by molar-refractivity contribution is 7.60. The van der Waals surface area contributed by atoms with Crippen LogP contribution >= 0.6 is 72.0 Å². The number of carbonyl (C=O) groups is 6. The quantitative estimate of drug-likeness (QED) is 0.00738. The van der Waals surface area contributed by atoms with Gasteiger partial charge in [-0.05, 0) is 159 Å². The number of nitrogens with two attached hydrogens (primary N) is 7. The van der Waals surface area contributed by atoms with E-state index >= 15 is 0 Å². The fourth-order valence-corrected chi connectivity index (χ4v) is 16.6. The highest BCUT2D eigenvalue weighted by Gasteiger charge is 2.37.